The molecule has 0 aromatic heterocycles. The minimum atomic E-state index is -1.16. The number of nitrogens with zero attached hydrogens (tertiary/aromatic N) is 3. The highest BCUT2D eigenvalue weighted by Crippen LogP contribution is 2.11. The molecule has 2 atom stereocenters. The normalized spacial score (nSPS) is 14.1. The molecule has 0 bridgehead atoms. The van der Waals surface area contributed by atoms with Gasteiger partial charge in [0.1, 0.15) is 18.6 Å². The van der Waals surface area contributed by atoms with E-state index in [9.17, 15) is 28.8 Å². The number of benzene rings is 2. The zero-order chi connectivity index (χ0) is 32.8. The molecule has 1 saturated heterocycles. The van der Waals surface area contributed by atoms with E-state index >= 15 is 0 Å². The Hall–Kier alpha value is -5.24. The molecule has 14 nitrogen and oxygen atoms in total. The van der Waals surface area contributed by atoms with Crippen LogP contribution >= 0.6 is 0 Å². The van der Waals surface area contributed by atoms with E-state index in [0.717, 1.165) is 23.3 Å². The molecule has 0 radical (unpaired) electrons. The van der Waals surface area contributed by atoms with E-state index in [1.54, 1.807) is 9.80 Å². The van der Waals surface area contributed by atoms with Crippen LogP contribution in [0.1, 0.15) is 25.0 Å². The van der Waals surface area contributed by atoms with Crippen LogP contribution in [-0.4, -0.2) is 95.2 Å². The Morgan fingerprint density at radius 1 is 0.800 bits per heavy atom. The summed E-state index contributed by atoms with van der Waals surface area (Å²) in [5, 5.41) is 8.85. The van der Waals surface area contributed by atoms with Gasteiger partial charge in [0.05, 0.1) is 0 Å². The van der Waals surface area contributed by atoms with E-state index < -0.39 is 54.2 Å². The number of nitrogens with two attached hydrogens (primary N) is 1. The number of carbonyl (C=O) groups excluding carboxylic acids is 6. The fourth-order valence-corrected chi connectivity index (χ4v) is 4.33. The predicted molar refractivity (Wildman–Crippen MR) is 165 cm³/mol. The number of hydrogen-bond acceptors (Lipinski definition) is 7. The summed E-state index contributed by atoms with van der Waals surface area (Å²) in [5.74, 6) is -3.73. The van der Waals surface area contributed by atoms with Crippen molar-refractivity contribution in [3.8, 4) is 0 Å². The molecule has 1 fully saturated rings. The number of hydrazine groups is 1. The molecule has 0 saturated carbocycles. The molecule has 1 aliphatic rings. The Morgan fingerprint density at radius 2 is 1.31 bits per heavy atom. The van der Waals surface area contributed by atoms with Crippen LogP contribution < -0.4 is 27.1 Å². The molecule has 2 aromatic rings. The van der Waals surface area contributed by atoms with Gasteiger partial charge in [0.25, 0.3) is 11.8 Å². The highest BCUT2D eigenvalue weighted by atomic mass is 16.2. The molecular weight excluding hydrogens is 580 g/mol. The van der Waals surface area contributed by atoms with Crippen LogP contribution in [-0.2, 0) is 37.1 Å². The predicted octanol–water partition coefficient (Wildman–Crippen LogP) is -0.375. The van der Waals surface area contributed by atoms with Crippen LogP contribution in [0.5, 0.6) is 0 Å². The van der Waals surface area contributed by atoms with E-state index in [-0.39, 0.29) is 13.1 Å². The lowest BCUT2D eigenvalue weighted by Crippen LogP contribution is -2.58. The van der Waals surface area contributed by atoms with E-state index in [2.05, 4.69) is 21.4 Å². The second kappa shape index (κ2) is 17.2. The highest BCUT2D eigenvalue weighted by molar-refractivity contribution is 5.99. The first-order valence-corrected chi connectivity index (χ1v) is 14.5. The number of carbonyl (C=O) groups is 6. The molecule has 14 heteroatoms. The third-order valence-corrected chi connectivity index (χ3v) is 6.83. The number of nitrogens with one attached hydrogen (secondary N) is 4. The van der Waals surface area contributed by atoms with Gasteiger partial charge in [-0.05, 0) is 25.0 Å². The maximum atomic E-state index is 13.2. The lowest BCUT2D eigenvalue weighted by atomic mass is 10.1. The van der Waals surface area contributed by atoms with Crippen LogP contribution in [0, 0.1) is 0 Å². The van der Waals surface area contributed by atoms with Crippen molar-refractivity contribution in [2.45, 2.75) is 39.0 Å². The maximum Gasteiger partial charge on any atom is 0.318 e. The molecule has 3 rings (SSSR count). The van der Waals surface area contributed by atoms with Crippen LogP contribution in [0.4, 0.5) is 4.79 Å². The Bertz CT molecular complexity index is 1320. The van der Waals surface area contributed by atoms with Crippen molar-refractivity contribution in [1.82, 2.24) is 36.2 Å². The summed E-state index contributed by atoms with van der Waals surface area (Å²) in [6.07, 6.45) is 1.99. The smallest absolute Gasteiger partial charge is 0.318 e. The van der Waals surface area contributed by atoms with Crippen molar-refractivity contribution in [3.63, 3.8) is 0 Å². The summed E-state index contributed by atoms with van der Waals surface area (Å²) in [5.41, 5.74) is 9.33. The van der Waals surface area contributed by atoms with Gasteiger partial charge in [0.2, 0.25) is 17.7 Å². The van der Waals surface area contributed by atoms with Gasteiger partial charge in [-0.3, -0.25) is 29.4 Å². The molecule has 0 aliphatic carbocycles. The van der Waals surface area contributed by atoms with E-state index in [1.807, 2.05) is 60.7 Å². The minimum absolute atomic E-state index is 0.278. The van der Waals surface area contributed by atoms with Gasteiger partial charge in [-0.15, -0.1) is 0 Å². The van der Waals surface area contributed by atoms with Gasteiger partial charge in [-0.1, -0.05) is 60.7 Å². The standard InChI is InChI=1S/C31H40N8O6/c1-22(35-31(45)37-17-15-33-16-18-37)29(43)34-23(2)30(44)36-39(21-26(32)40)28(42)14-13-27(41)38(19-24-9-5-3-6-10-24)20-25-11-7-4-8-12-25/h3-14,22-23,33H,15-21H2,1-2H3,(H2,32,40)(H,34,43)(H,35,45)(H,36,44)/b14-13+/t22-,23-/m0/s1. The monoisotopic (exact) mass is 620 g/mol. The van der Waals surface area contributed by atoms with Gasteiger partial charge in [0.15, 0.2) is 0 Å². The van der Waals surface area contributed by atoms with Gasteiger partial charge >= 0.3 is 6.03 Å². The highest BCUT2D eigenvalue weighted by Gasteiger charge is 2.26. The average molecular weight is 621 g/mol. The molecule has 240 valence electrons. The van der Waals surface area contributed by atoms with Crippen LogP contribution in [0.25, 0.3) is 0 Å². The Morgan fingerprint density at radius 3 is 1.84 bits per heavy atom. The molecule has 45 heavy (non-hydrogen) atoms. The summed E-state index contributed by atoms with van der Waals surface area (Å²) in [6, 6.07) is 16.2. The maximum absolute atomic E-state index is 13.2. The van der Waals surface area contributed by atoms with Crippen molar-refractivity contribution in [2.24, 2.45) is 5.73 Å². The van der Waals surface area contributed by atoms with Crippen molar-refractivity contribution in [3.05, 3.63) is 83.9 Å². The molecule has 1 heterocycles. The first-order chi connectivity index (χ1) is 21.5. The summed E-state index contributed by atoms with van der Waals surface area (Å²) >= 11 is 0. The molecular formula is C31H40N8O6. The number of piperazine rings is 1. The fraction of sp³-hybridized carbons (Fsp3) is 0.355. The largest absolute Gasteiger partial charge is 0.368 e. The SMILES string of the molecule is C[C@H](NC(=O)[C@H](C)NC(=O)N1CCNCC1)C(=O)NN(CC(N)=O)C(=O)/C=C/C(=O)N(Cc1ccccc1)Cc1ccccc1. The number of rotatable bonds is 12. The van der Waals surface area contributed by atoms with Crippen LogP contribution in [0.15, 0.2) is 72.8 Å². The molecule has 7 amide bonds. The minimum Gasteiger partial charge on any atom is -0.368 e. The van der Waals surface area contributed by atoms with Crippen molar-refractivity contribution in [2.75, 3.05) is 32.7 Å². The third kappa shape index (κ3) is 11.4. The molecule has 0 unspecified atom stereocenters. The molecule has 2 aromatic carbocycles. The third-order valence-electron chi connectivity index (χ3n) is 6.83. The number of primary amides is 1. The quantitative estimate of drug-likeness (QED) is 0.158. The lowest BCUT2D eigenvalue weighted by molar-refractivity contribution is -0.142. The summed E-state index contributed by atoms with van der Waals surface area (Å²) in [7, 11) is 0. The first-order valence-electron chi connectivity index (χ1n) is 14.5. The summed E-state index contributed by atoms with van der Waals surface area (Å²) < 4.78 is 0. The Balaban J connectivity index is 1.61. The zero-order valence-electron chi connectivity index (χ0n) is 25.4. The van der Waals surface area contributed by atoms with Gasteiger partial charge < -0.3 is 31.5 Å². The summed E-state index contributed by atoms with van der Waals surface area (Å²) in [6.45, 7) is 5.02. The zero-order valence-corrected chi connectivity index (χ0v) is 25.4. The van der Waals surface area contributed by atoms with Gasteiger partial charge in [-0.2, -0.15) is 0 Å². The number of urea groups is 1. The average Bonchev–Trinajstić information content (AvgIpc) is 3.03. The number of amides is 7. The summed E-state index contributed by atoms with van der Waals surface area (Å²) in [4.78, 5) is 78.9. The first kappa shape index (κ1) is 34.3. The van der Waals surface area contributed by atoms with Crippen molar-refractivity contribution in [1.29, 1.82) is 0 Å². The van der Waals surface area contributed by atoms with E-state index in [0.29, 0.717) is 31.2 Å². The van der Waals surface area contributed by atoms with Gasteiger partial charge in [0, 0.05) is 51.4 Å². The van der Waals surface area contributed by atoms with Gasteiger partial charge in [-0.25, -0.2) is 9.80 Å². The van der Waals surface area contributed by atoms with E-state index in [4.69, 9.17) is 5.73 Å². The fourth-order valence-electron chi connectivity index (χ4n) is 4.33. The molecule has 1 aliphatic heterocycles. The van der Waals surface area contributed by atoms with Crippen LogP contribution in [0.2, 0.25) is 0 Å². The number of hydrogen-bond donors (Lipinski definition) is 5. The molecule has 0 spiro atoms. The molecule has 6 N–H and O–H groups in total. The second-order valence-corrected chi connectivity index (χ2v) is 10.5. The van der Waals surface area contributed by atoms with E-state index in [1.165, 1.54) is 13.8 Å². The van der Waals surface area contributed by atoms with Crippen LogP contribution in [0.3, 0.4) is 0 Å². The Labute approximate surface area is 261 Å². The topological polar surface area (TPSA) is 186 Å². The van der Waals surface area contributed by atoms with Crippen molar-refractivity contribution >= 4 is 35.6 Å². The Kier molecular flexibility index (Phi) is 13.1. The van der Waals surface area contributed by atoms with Crippen molar-refractivity contribution < 1.29 is 28.8 Å². The lowest BCUT2D eigenvalue weighted by Gasteiger charge is -2.29. The second-order valence-electron chi connectivity index (χ2n) is 10.5.